The highest BCUT2D eigenvalue weighted by Crippen LogP contribution is 2.20. The van der Waals surface area contributed by atoms with E-state index in [0.29, 0.717) is 26.1 Å². The van der Waals surface area contributed by atoms with Crippen LogP contribution in [0.25, 0.3) is 0 Å². The van der Waals surface area contributed by atoms with Gasteiger partial charge in [0, 0.05) is 37.9 Å². The minimum atomic E-state index is -0.277. The van der Waals surface area contributed by atoms with E-state index in [1.807, 2.05) is 13.8 Å². The van der Waals surface area contributed by atoms with Gasteiger partial charge in [-0.1, -0.05) is 26.0 Å². The molecule has 2 rings (SSSR count). The van der Waals surface area contributed by atoms with Crippen molar-refractivity contribution in [1.82, 2.24) is 10.2 Å². The smallest absolute Gasteiger partial charge is 0.223 e. The van der Waals surface area contributed by atoms with Crippen LogP contribution in [-0.2, 0) is 16.1 Å². The number of likely N-dealkylation sites (tertiary alicyclic amines) is 1. The van der Waals surface area contributed by atoms with Gasteiger partial charge in [-0.3, -0.25) is 9.59 Å². The maximum absolute atomic E-state index is 12.9. The van der Waals surface area contributed by atoms with Crippen molar-refractivity contribution in [2.24, 2.45) is 11.8 Å². The molecule has 1 N–H and O–H groups in total. The van der Waals surface area contributed by atoms with Crippen molar-refractivity contribution in [3.8, 4) is 0 Å². The van der Waals surface area contributed by atoms with Crippen LogP contribution >= 0.6 is 0 Å². The molecule has 5 heteroatoms. The van der Waals surface area contributed by atoms with Crippen LogP contribution in [0.3, 0.4) is 0 Å². The van der Waals surface area contributed by atoms with Crippen molar-refractivity contribution >= 4 is 11.8 Å². The van der Waals surface area contributed by atoms with E-state index in [9.17, 15) is 14.0 Å². The summed E-state index contributed by atoms with van der Waals surface area (Å²) in [4.78, 5) is 25.3. The van der Waals surface area contributed by atoms with Crippen LogP contribution < -0.4 is 5.32 Å². The van der Waals surface area contributed by atoms with E-state index in [1.54, 1.807) is 17.0 Å². The lowest BCUT2D eigenvalue weighted by Gasteiger charge is -2.17. The molecule has 1 aromatic rings. The van der Waals surface area contributed by atoms with Crippen LogP contribution in [0.1, 0.15) is 25.8 Å². The van der Waals surface area contributed by atoms with Crippen LogP contribution in [0.2, 0.25) is 0 Å². The zero-order chi connectivity index (χ0) is 15.4. The Morgan fingerprint density at radius 1 is 1.38 bits per heavy atom. The molecule has 114 valence electrons. The van der Waals surface area contributed by atoms with Crippen LogP contribution in [-0.4, -0.2) is 29.8 Å². The molecule has 1 atom stereocenters. The molecule has 0 radical (unpaired) electrons. The highest BCUT2D eigenvalue weighted by molar-refractivity contribution is 5.80. The van der Waals surface area contributed by atoms with Crippen molar-refractivity contribution < 1.29 is 14.0 Å². The van der Waals surface area contributed by atoms with Crippen molar-refractivity contribution in [2.75, 3.05) is 13.1 Å². The van der Waals surface area contributed by atoms with Gasteiger partial charge >= 0.3 is 0 Å². The lowest BCUT2D eigenvalue weighted by Crippen LogP contribution is -2.33. The van der Waals surface area contributed by atoms with Crippen LogP contribution in [0, 0.1) is 17.7 Å². The van der Waals surface area contributed by atoms with Gasteiger partial charge in [0.1, 0.15) is 5.82 Å². The van der Waals surface area contributed by atoms with E-state index in [1.165, 1.54) is 12.1 Å². The quantitative estimate of drug-likeness (QED) is 0.901. The molecule has 0 aromatic heterocycles. The van der Waals surface area contributed by atoms with Gasteiger partial charge in [-0.05, 0) is 17.7 Å². The second kappa shape index (κ2) is 6.70. The lowest BCUT2D eigenvalue weighted by atomic mass is 10.1. The maximum Gasteiger partial charge on any atom is 0.223 e. The summed E-state index contributed by atoms with van der Waals surface area (Å²) in [5.74, 6) is -0.0681. The first-order chi connectivity index (χ1) is 9.95. The zero-order valence-corrected chi connectivity index (χ0v) is 12.4. The fraction of sp³-hybridized carbons (Fsp3) is 0.500. The molecule has 0 bridgehead atoms. The standard InChI is InChI=1S/C16H21FN2O2/c1-11(2)16(21)18-8-13-7-15(20)19(10-13)9-12-3-5-14(17)6-4-12/h3-6,11,13H,7-10H2,1-2H3,(H,18,21). The van der Waals surface area contributed by atoms with Gasteiger partial charge in [-0.15, -0.1) is 0 Å². The zero-order valence-electron chi connectivity index (χ0n) is 12.4. The third-order valence-electron chi connectivity index (χ3n) is 3.67. The number of nitrogens with zero attached hydrogens (tertiary/aromatic N) is 1. The van der Waals surface area contributed by atoms with Gasteiger partial charge in [0.05, 0.1) is 0 Å². The Morgan fingerprint density at radius 2 is 2.05 bits per heavy atom. The van der Waals surface area contributed by atoms with E-state index < -0.39 is 0 Å². The fourth-order valence-electron chi connectivity index (χ4n) is 2.40. The number of carbonyl (C=O) groups excluding carboxylic acids is 2. The third kappa shape index (κ3) is 4.28. The van der Waals surface area contributed by atoms with Gasteiger partial charge in [-0.2, -0.15) is 0 Å². The van der Waals surface area contributed by atoms with Crippen molar-refractivity contribution in [2.45, 2.75) is 26.8 Å². The molecule has 2 amide bonds. The van der Waals surface area contributed by atoms with E-state index in [-0.39, 0.29) is 29.5 Å². The first-order valence-corrected chi connectivity index (χ1v) is 7.25. The van der Waals surface area contributed by atoms with Gasteiger partial charge in [0.25, 0.3) is 0 Å². The molecule has 1 aliphatic rings. The Kier molecular flexibility index (Phi) is 4.94. The molecule has 1 saturated heterocycles. The minimum absolute atomic E-state index is 0.0134. The molecule has 4 nitrogen and oxygen atoms in total. The summed E-state index contributed by atoms with van der Waals surface area (Å²) in [6, 6.07) is 6.18. The number of benzene rings is 1. The normalized spacial score (nSPS) is 18.4. The number of nitrogens with one attached hydrogen (secondary N) is 1. The van der Waals surface area contributed by atoms with Gasteiger partial charge in [0.15, 0.2) is 0 Å². The monoisotopic (exact) mass is 292 g/mol. The van der Waals surface area contributed by atoms with Crippen molar-refractivity contribution in [3.05, 3.63) is 35.6 Å². The molecule has 0 spiro atoms. The highest BCUT2D eigenvalue weighted by Gasteiger charge is 2.29. The Balaban J connectivity index is 1.85. The topological polar surface area (TPSA) is 49.4 Å². The van der Waals surface area contributed by atoms with Gasteiger partial charge in [-0.25, -0.2) is 4.39 Å². The van der Waals surface area contributed by atoms with Crippen molar-refractivity contribution in [1.29, 1.82) is 0 Å². The summed E-state index contributed by atoms with van der Waals surface area (Å²) >= 11 is 0. The molecule has 1 unspecified atom stereocenters. The molecule has 1 aliphatic heterocycles. The van der Waals surface area contributed by atoms with Gasteiger partial charge < -0.3 is 10.2 Å². The largest absolute Gasteiger partial charge is 0.356 e. The van der Waals surface area contributed by atoms with Crippen LogP contribution in [0.15, 0.2) is 24.3 Å². The molecule has 1 aromatic carbocycles. The summed E-state index contributed by atoms with van der Waals surface area (Å²) in [5, 5.41) is 2.87. The molecule has 0 saturated carbocycles. The maximum atomic E-state index is 12.9. The number of rotatable bonds is 5. The summed E-state index contributed by atoms with van der Waals surface area (Å²) in [5.41, 5.74) is 0.914. The van der Waals surface area contributed by atoms with E-state index >= 15 is 0 Å². The second-order valence-electron chi connectivity index (χ2n) is 5.87. The number of halogens is 1. The van der Waals surface area contributed by atoms with E-state index in [2.05, 4.69) is 5.32 Å². The van der Waals surface area contributed by atoms with Crippen molar-refractivity contribution in [3.63, 3.8) is 0 Å². The number of amides is 2. The highest BCUT2D eigenvalue weighted by atomic mass is 19.1. The fourth-order valence-corrected chi connectivity index (χ4v) is 2.40. The van der Waals surface area contributed by atoms with E-state index in [4.69, 9.17) is 0 Å². The molecular weight excluding hydrogens is 271 g/mol. The summed E-state index contributed by atoms with van der Waals surface area (Å²) in [7, 11) is 0. The average molecular weight is 292 g/mol. The van der Waals surface area contributed by atoms with E-state index in [0.717, 1.165) is 5.56 Å². The summed E-state index contributed by atoms with van der Waals surface area (Å²) < 4.78 is 12.9. The summed E-state index contributed by atoms with van der Waals surface area (Å²) in [6.07, 6.45) is 0.458. The molecule has 0 aliphatic carbocycles. The Hall–Kier alpha value is -1.91. The number of carbonyl (C=O) groups is 2. The predicted molar refractivity (Wildman–Crippen MR) is 77.8 cm³/mol. The number of hydrogen-bond acceptors (Lipinski definition) is 2. The molecule has 1 fully saturated rings. The average Bonchev–Trinajstić information content (AvgIpc) is 2.79. The SMILES string of the molecule is CC(C)C(=O)NCC1CC(=O)N(Cc2ccc(F)cc2)C1. The predicted octanol–water partition coefficient (Wildman–Crippen LogP) is 1.95. The summed E-state index contributed by atoms with van der Waals surface area (Å²) in [6.45, 7) is 5.34. The Bertz CT molecular complexity index is 514. The lowest BCUT2D eigenvalue weighted by molar-refractivity contribution is -0.128. The Labute approximate surface area is 124 Å². The molecular formula is C16H21FN2O2. The third-order valence-corrected chi connectivity index (χ3v) is 3.67. The second-order valence-corrected chi connectivity index (χ2v) is 5.87. The van der Waals surface area contributed by atoms with Crippen LogP contribution in [0.4, 0.5) is 4.39 Å². The number of hydrogen-bond donors (Lipinski definition) is 1. The van der Waals surface area contributed by atoms with Gasteiger partial charge in [0.2, 0.25) is 11.8 Å². The first-order valence-electron chi connectivity index (χ1n) is 7.25. The Morgan fingerprint density at radius 3 is 2.67 bits per heavy atom. The first kappa shape index (κ1) is 15.5. The minimum Gasteiger partial charge on any atom is -0.356 e. The molecule has 1 heterocycles. The molecule has 21 heavy (non-hydrogen) atoms. The van der Waals surface area contributed by atoms with Crippen LogP contribution in [0.5, 0.6) is 0 Å².